The first kappa shape index (κ1) is 12.9. The van der Waals surface area contributed by atoms with E-state index in [2.05, 4.69) is 30.5 Å². The minimum absolute atomic E-state index is 0.0230. The van der Waals surface area contributed by atoms with Crippen molar-refractivity contribution in [2.45, 2.75) is 6.18 Å². The van der Waals surface area contributed by atoms with Crippen LogP contribution in [0.15, 0.2) is 12.7 Å². The highest BCUT2D eigenvalue weighted by Gasteiger charge is 2.27. The Kier molecular flexibility index (Phi) is 3.41. The van der Waals surface area contributed by atoms with Crippen molar-refractivity contribution in [3.63, 3.8) is 0 Å². The Morgan fingerprint density at radius 1 is 1.21 bits per heavy atom. The van der Waals surface area contributed by atoms with Gasteiger partial charge in [-0.1, -0.05) is 0 Å². The minimum Gasteiger partial charge on any atom is -0.345 e. The van der Waals surface area contributed by atoms with Crippen molar-refractivity contribution in [3.8, 4) is 5.95 Å². The molecule has 0 spiro atoms. The fourth-order valence-corrected chi connectivity index (χ4v) is 1.10. The van der Waals surface area contributed by atoms with E-state index in [9.17, 15) is 13.2 Å². The van der Waals surface area contributed by atoms with E-state index in [0.717, 1.165) is 4.68 Å². The summed E-state index contributed by atoms with van der Waals surface area (Å²) < 4.78 is 37.4. The van der Waals surface area contributed by atoms with Gasteiger partial charge in [0.05, 0.1) is 0 Å². The van der Waals surface area contributed by atoms with E-state index in [1.165, 1.54) is 12.7 Å². The van der Waals surface area contributed by atoms with Crippen LogP contribution in [0, 0.1) is 0 Å². The lowest BCUT2D eigenvalue weighted by atomic mass is 10.6. The molecule has 2 aromatic heterocycles. The molecular formula is C7H8F3N9. The lowest BCUT2D eigenvalue weighted by Crippen LogP contribution is -2.23. The summed E-state index contributed by atoms with van der Waals surface area (Å²) in [6, 6.07) is 0. The molecule has 0 bridgehead atoms. The zero-order chi connectivity index (χ0) is 13.9. The summed E-state index contributed by atoms with van der Waals surface area (Å²) in [5, 5.41) is 5.76. The largest absolute Gasteiger partial charge is 0.405 e. The van der Waals surface area contributed by atoms with Crippen molar-refractivity contribution in [1.29, 1.82) is 0 Å². The Bertz CT molecular complexity index is 537. The SMILES string of the molecule is NNc1nc(NCC(F)(F)F)nc(-n2cncn2)n1. The standard InChI is InChI=1S/C7H8F3N9/c8-7(9,10)1-13-4-15-5(18-11)17-6(16-4)19-3-12-2-14-19/h2-3H,1,11H2,(H2,13,15,16,17,18). The molecule has 12 heteroatoms. The molecular weight excluding hydrogens is 267 g/mol. The van der Waals surface area contributed by atoms with Gasteiger partial charge in [0.2, 0.25) is 11.9 Å². The summed E-state index contributed by atoms with van der Waals surface area (Å²) in [7, 11) is 0. The Balaban J connectivity index is 2.26. The highest BCUT2D eigenvalue weighted by Crippen LogP contribution is 2.15. The van der Waals surface area contributed by atoms with Crippen LogP contribution >= 0.6 is 0 Å². The van der Waals surface area contributed by atoms with Crippen LogP contribution in [0.25, 0.3) is 5.95 Å². The Labute approximate surface area is 104 Å². The molecule has 0 fully saturated rings. The molecule has 2 aromatic rings. The summed E-state index contributed by atoms with van der Waals surface area (Å²) in [6.07, 6.45) is -1.89. The van der Waals surface area contributed by atoms with Crippen molar-refractivity contribution < 1.29 is 13.2 Å². The van der Waals surface area contributed by atoms with E-state index in [0.29, 0.717) is 0 Å². The van der Waals surface area contributed by atoms with Crippen molar-refractivity contribution in [2.24, 2.45) is 5.84 Å². The first-order valence-corrected chi connectivity index (χ1v) is 4.86. The second-order valence-electron chi connectivity index (χ2n) is 3.24. The van der Waals surface area contributed by atoms with Gasteiger partial charge in [-0.3, -0.25) is 5.43 Å². The Morgan fingerprint density at radius 2 is 1.95 bits per heavy atom. The lowest BCUT2D eigenvalue weighted by molar-refractivity contribution is -0.115. The number of nitrogens with two attached hydrogens (primary N) is 1. The molecule has 0 unspecified atom stereocenters. The third-order valence-corrected chi connectivity index (χ3v) is 1.82. The van der Waals surface area contributed by atoms with Crippen LogP contribution in [0.4, 0.5) is 25.1 Å². The van der Waals surface area contributed by atoms with Gasteiger partial charge in [-0.05, 0) is 0 Å². The molecule has 0 saturated heterocycles. The number of nitrogens with one attached hydrogen (secondary N) is 2. The Hall–Kier alpha value is -2.50. The molecule has 0 aliphatic carbocycles. The maximum Gasteiger partial charge on any atom is 0.405 e. The first-order chi connectivity index (χ1) is 8.98. The average Bonchev–Trinajstić information content (AvgIpc) is 2.89. The summed E-state index contributed by atoms with van der Waals surface area (Å²) in [5.41, 5.74) is 2.12. The molecule has 0 radical (unpaired) electrons. The topological polar surface area (TPSA) is 119 Å². The van der Waals surface area contributed by atoms with Crippen molar-refractivity contribution in [2.75, 3.05) is 17.3 Å². The van der Waals surface area contributed by atoms with Gasteiger partial charge < -0.3 is 5.32 Å². The zero-order valence-electron chi connectivity index (χ0n) is 9.26. The van der Waals surface area contributed by atoms with Gasteiger partial charge in [-0.15, -0.1) is 0 Å². The molecule has 19 heavy (non-hydrogen) atoms. The number of alkyl halides is 3. The van der Waals surface area contributed by atoms with E-state index in [-0.39, 0.29) is 17.8 Å². The number of aromatic nitrogens is 6. The molecule has 4 N–H and O–H groups in total. The molecule has 2 rings (SSSR count). The van der Waals surface area contributed by atoms with Gasteiger partial charge in [-0.25, -0.2) is 10.8 Å². The first-order valence-electron chi connectivity index (χ1n) is 4.86. The van der Waals surface area contributed by atoms with Crippen LogP contribution < -0.4 is 16.6 Å². The van der Waals surface area contributed by atoms with Crippen LogP contribution in [0.1, 0.15) is 0 Å². The number of nitrogens with zero attached hydrogens (tertiary/aromatic N) is 6. The maximum atomic E-state index is 12.1. The van der Waals surface area contributed by atoms with Gasteiger partial charge in [0.15, 0.2) is 0 Å². The highest BCUT2D eigenvalue weighted by molar-refractivity contribution is 5.36. The fraction of sp³-hybridized carbons (Fsp3) is 0.286. The van der Waals surface area contributed by atoms with Crippen LogP contribution in [0.5, 0.6) is 0 Å². The van der Waals surface area contributed by atoms with Crippen LogP contribution in [0.3, 0.4) is 0 Å². The molecule has 0 aromatic carbocycles. The molecule has 0 amide bonds. The number of anilines is 2. The number of hydrogen-bond acceptors (Lipinski definition) is 8. The number of nitrogen functional groups attached to an aromatic ring is 1. The van der Waals surface area contributed by atoms with Crippen LogP contribution in [-0.2, 0) is 0 Å². The molecule has 2 heterocycles. The molecule has 102 valence electrons. The predicted molar refractivity (Wildman–Crippen MR) is 57.1 cm³/mol. The molecule has 0 aliphatic heterocycles. The zero-order valence-corrected chi connectivity index (χ0v) is 9.26. The van der Waals surface area contributed by atoms with Crippen LogP contribution in [0.2, 0.25) is 0 Å². The van der Waals surface area contributed by atoms with E-state index in [4.69, 9.17) is 5.84 Å². The minimum atomic E-state index is -4.39. The second kappa shape index (κ2) is 5.01. The lowest BCUT2D eigenvalue weighted by Gasteiger charge is -2.09. The Morgan fingerprint density at radius 3 is 2.53 bits per heavy atom. The number of hydrazine groups is 1. The number of halogens is 3. The molecule has 0 atom stereocenters. The van der Waals surface area contributed by atoms with E-state index in [1.807, 2.05) is 5.32 Å². The van der Waals surface area contributed by atoms with E-state index >= 15 is 0 Å². The molecule has 0 saturated carbocycles. The van der Waals surface area contributed by atoms with E-state index < -0.39 is 12.7 Å². The summed E-state index contributed by atoms with van der Waals surface area (Å²) in [5.74, 6) is 4.71. The van der Waals surface area contributed by atoms with Gasteiger partial charge in [0.1, 0.15) is 19.2 Å². The number of hydrogen-bond donors (Lipinski definition) is 3. The quantitative estimate of drug-likeness (QED) is 0.514. The summed E-state index contributed by atoms with van der Waals surface area (Å²) in [6.45, 7) is -1.28. The van der Waals surface area contributed by atoms with Gasteiger partial charge >= 0.3 is 6.18 Å². The van der Waals surface area contributed by atoms with Gasteiger partial charge in [0, 0.05) is 0 Å². The smallest absolute Gasteiger partial charge is 0.345 e. The van der Waals surface area contributed by atoms with Crippen molar-refractivity contribution in [3.05, 3.63) is 12.7 Å². The summed E-state index contributed by atoms with van der Waals surface area (Å²) >= 11 is 0. The van der Waals surface area contributed by atoms with Crippen molar-refractivity contribution in [1.82, 2.24) is 29.7 Å². The monoisotopic (exact) mass is 275 g/mol. The normalized spacial score (nSPS) is 11.4. The molecule has 0 aliphatic rings. The average molecular weight is 275 g/mol. The molecule has 9 nitrogen and oxygen atoms in total. The maximum absolute atomic E-state index is 12.1. The fourth-order valence-electron chi connectivity index (χ4n) is 1.10. The highest BCUT2D eigenvalue weighted by atomic mass is 19.4. The third-order valence-electron chi connectivity index (χ3n) is 1.82. The predicted octanol–water partition coefficient (Wildman–Crippen LogP) is -0.288. The van der Waals surface area contributed by atoms with Gasteiger partial charge in [0.25, 0.3) is 5.95 Å². The van der Waals surface area contributed by atoms with Crippen LogP contribution in [-0.4, -0.2) is 42.4 Å². The summed E-state index contributed by atoms with van der Waals surface area (Å²) in [4.78, 5) is 14.9. The van der Waals surface area contributed by atoms with Gasteiger partial charge in [-0.2, -0.15) is 37.9 Å². The van der Waals surface area contributed by atoms with E-state index in [1.54, 1.807) is 0 Å². The second-order valence-corrected chi connectivity index (χ2v) is 3.24. The van der Waals surface area contributed by atoms with Crippen molar-refractivity contribution >= 4 is 11.9 Å². The number of rotatable bonds is 4. The third kappa shape index (κ3) is 3.48.